The van der Waals surface area contributed by atoms with Gasteiger partial charge in [-0.1, -0.05) is 18.7 Å². The molecule has 0 aliphatic carbocycles. The highest BCUT2D eigenvalue weighted by molar-refractivity contribution is 7.99. The maximum absolute atomic E-state index is 9.33. The normalized spacial score (nSPS) is 13.8. The van der Waals surface area contributed by atoms with Crippen LogP contribution in [-0.4, -0.2) is 34.9 Å². The molecule has 5 nitrogen and oxygen atoms in total. The summed E-state index contributed by atoms with van der Waals surface area (Å²) in [5.41, 5.74) is 1.30. The fourth-order valence-corrected chi connectivity index (χ4v) is 2.83. The third kappa shape index (κ3) is 3.90. The highest BCUT2D eigenvalue weighted by Crippen LogP contribution is 2.25. The minimum Gasteiger partial charge on any atom is -0.497 e. The van der Waals surface area contributed by atoms with Crippen molar-refractivity contribution in [3.63, 3.8) is 0 Å². The van der Waals surface area contributed by atoms with Crippen LogP contribution in [0.15, 0.2) is 23.4 Å². The molecule has 2 N–H and O–H groups in total. The molecule has 0 spiro atoms. The van der Waals surface area contributed by atoms with Crippen LogP contribution in [0.5, 0.6) is 5.75 Å². The lowest BCUT2D eigenvalue weighted by Crippen LogP contribution is -2.43. The first-order valence-corrected chi connectivity index (χ1v) is 7.91. The van der Waals surface area contributed by atoms with Crippen LogP contribution in [0.25, 0.3) is 11.0 Å². The van der Waals surface area contributed by atoms with Crippen LogP contribution in [0.3, 0.4) is 0 Å². The lowest BCUT2D eigenvalue weighted by atomic mass is 10.1. The second kappa shape index (κ2) is 6.83. The first-order valence-electron chi connectivity index (χ1n) is 6.93. The number of nitrogens with zero attached hydrogens (tertiary/aromatic N) is 2. The molecule has 1 aromatic heterocycles. The maximum Gasteiger partial charge on any atom is 0.166 e. The van der Waals surface area contributed by atoms with Gasteiger partial charge in [0.05, 0.1) is 24.2 Å². The van der Waals surface area contributed by atoms with E-state index in [2.05, 4.69) is 28.3 Å². The number of H-pyrrole nitrogens is 1. The van der Waals surface area contributed by atoms with E-state index in [-0.39, 0.29) is 0 Å². The number of aromatic nitrogens is 2. The maximum atomic E-state index is 9.33. The predicted octanol–water partition coefficient (Wildman–Crippen LogP) is 2.95. The zero-order valence-corrected chi connectivity index (χ0v) is 13.4. The van der Waals surface area contributed by atoms with Gasteiger partial charge in [-0.2, -0.15) is 5.26 Å². The molecule has 0 saturated heterocycles. The van der Waals surface area contributed by atoms with Gasteiger partial charge in [-0.05, 0) is 32.0 Å². The molecule has 0 aliphatic heterocycles. The van der Waals surface area contributed by atoms with Gasteiger partial charge in [0.25, 0.3) is 0 Å². The molecule has 1 aromatic carbocycles. The number of aromatic amines is 1. The van der Waals surface area contributed by atoms with E-state index < -0.39 is 5.54 Å². The van der Waals surface area contributed by atoms with E-state index in [1.54, 1.807) is 18.9 Å². The average molecular weight is 304 g/mol. The van der Waals surface area contributed by atoms with Crippen LogP contribution in [0.4, 0.5) is 0 Å². The van der Waals surface area contributed by atoms with Crippen molar-refractivity contribution < 1.29 is 4.74 Å². The summed E-state index contributed by atoms with van der Waals surface area (Å²) in [6.45, 7) is 4.84. The lowest BCUT2D eigenvalue weighted by Gasteiger charge is -2.21. The topological polar surface area (TPSA) is 73.7 Å². The highest BCUT2D eigenvalue weighted by Gasteiger charge is 2.23. The number of nitriles is 1. The summed E-state index contributed by atoms with van der Waals surface area (Å²) in [5, 5.41) is 13.4. The third-order valence-corrected chi connectivity index (χ3v) is 4.37. The van der Waals surface area contributed by atoms with Gasteiger partial charge in [0.15, 0.2) is 5.16 Å². The number of hydrogen-bond acceptors (Lipinski definition) is 5. The van der Waals surface area contributed by atoms with Gasteiger partial charge in [-0.25, -0.2) is 4.98 Å². The molecule has 0 fully saturated rings. The SMILES string of the molecule is CCCNC(C)(C#N)CSc1nc2ccc(OC)cc2[nH]1. The molecule has 2 aromatic rings. The van der Waals surface area contributed by atoms with Crippen LogP contribution >= 0.6 is 11.8 Å². The number of imidazole rings is 1. The smallest absolute Gasteiger partial charge is 0.166 e. The largest absolute Gasteiger partial charge is 0.497 e. The Hall–Kier alpha value is -1.71. The third-order valence-electron chi connectivity index (χ3n) is 3.18. The van der Waals surface area contributed by atoms with Gasteiger partial charge >= 0.3 is 0 Å². The van der Waals surface area contributed by atoms with Crippen molar-refractivity contribution >= 4 is 22.8 Å². The minimum atomic E-state index is -0.544. The summed E-state index contributed by atoms with van der Waals surface area (Å²) in [5.74, 6) is 1.44. The minimum absolute atomic E-state index is 0.544. The molecular formula is C15H20N4OS. The summed E-state index contributed by atoms with van der Waals surface area (Å²) < 4.78 is 5.20. The van der Waals surface area contributed by atoms with Crippen LogP contribution in [0.1, 0.15) is 20.3 Å². The predicted molar refractivity (Wildman–Crippen MR) is 85.7 cm³/mol. The Kier molecular flexibility index (Phi) is 5.10. The molecule has 6 heteroatoms. The Balaban J connectivity index is 2.07. The fourth-order valence-electron chi connectivity index (χ4n) is 1.90. The van der Waals surface area contributed by atoms with E-state index in [9.17, 15) is 5.26 Å². The van der Waals surface area contributed by atoms with Crippen LogP contribution in [-0.2, 0) is 0 Å². The molecule has 112 valence electrons. The molecule has 1 heterocycles. The van der Waals surface area contributed by atoms with E-state index in [1.165, 1.54) is 0 Å². The molecule has 0 saturated carbocycles. The first-order chi connectivity index (χ1) is 10.1. The number of thioether (sulfide) groups is 1. The molecule has 1 unspecified atom stereocenters. The van der Waals surface area contributed by atoms with Crippen LogP contribution in [0.2, 0.25) is 0 Å². The molecule has 2 rings (SSSR count). The van der Waals surface area contributed by atoms with E-state index in [1.807, 2.05) is 25.1 Å². The Morgan fingerprint density at radius 2 is 2.33 bits per heavy atom. The zero-order chi connectivity index (χ0) is 15.3. The van der Waals surface area contributed by atoms with Gasteiger partial charge < -0.3 is 9.72 Å². The summed E-state index contributed by atoms with van der Waals surface area (Å²) in [4.78, 5) is 7.78. The molecule has 1 atom stereocenters. The molecule has 0 amide bonds. The Morgan fingerprint density at radius 3 is 3.00 bits per heavy atom. The summed E-state index contributed by atoms with van der Waals surface area (Å²) in [7, 11) is 1.64. The average Bonchev–Trinajstić information content (AvgIpc) is 2.92. The molecule has 0 radical (unpaired) electrons. The van der Waals surface area contributed by atoms with E-state index in [0.29, 0.717) is 5.75 Å². The van der Waals surface area contributed by atoms with Crippen molar-refractivity contribution in [2.45, 2.75) is 31.0 Å². The van der Waals surface area contributed by atoms with Crippen molar-refractivity contribution in [3.05, 3.63) is 18.2 Å². The first kappa shape index (κ1) is 15.7. The number of rotatable bonds is 7. The summed E-state index contributed by atoms with van der Waals surface area (Å²) in [6, 6.07) is 8.08. The standard InChI is InChI=1S/C15H20N4OS/c1-4-7-17-15(2,9-16)10-21-14-18-12-6-5-11(20-3)8-13(12)19-14/h5-6,8,17H,4,7,10H2,1-3H3,(H,18,19). The van der Waals surface area contributed by atoms with Crippen LogP contribution < -0.4 is 10.1 Å². The number of methoxy groups -OCH3 is 1. The van der Waals surface area contributed by atoms with Gasteiger partial charge in [0.2, 0.25) is 0 Å². The molecule has 0 bridgehead atoms. The van der Waals surface area contributed by atoms with Gasteiger partial charge in [-0.15, -0.1) is 0 Å². The van der Waals surface area contributed by atoms with Gasteiger partial charge in [0.1, 0.15) is 11.3 Å². The molecule has 21 heavy (non-hydrogen) atoms. The number of nitrogens with one attached hydrogen (secondary N) is 2. The molecule has 0 aliphatic rings. The number of ether oxygens (including phenoxy) is 1. The highest BCUT2D eigenvalue weighted by atomic mass is 32.2. The lowest BCUT2D eigenvalue weighted by molar-refractivity contribution is 0.415. The number of fused-ring (bicyclic) bond motifs is 1. The van der Waals surface area contributed by atoms with Crippen molar-refractivity contribution in [2.24, 2.45) is 0 Å². The zero-order valence-electron chi connectivity index (χ0n) is 12.6. The van der Waals surface area contributed by atoms with Gasteiger partial charge in [0, 0.05) is 11.8 Å². The molecular weight excluding hydrogens is 284 g/mol. The van der Waals surface area contributed by atoms with Crippen molar-refractivity contribution in [3.8, 4) is 11.8 Å². The summed E-state index contributed by atoms with van der Waals surface area (Å²) in [6.07, 6.45) is 1.01. The van der Waals surface area contributed by atoms with Crippen molar-refractivity contribution in [1.29, 1.82) is 5.26 Å². The Bertz CT molecular complexity index is 649. The van der Waals surface area contributed by atoms with E-state index in [0.717, 1.165) is 34.9 Å². The number of hydrogen-bond donors (Lipinski definition) is 2. The summed E-state index contributed by atoms with van der Waals surface area (Å²) >= 11 is 1.55. The van der Waals surface area contributed by atoms with Crippen molar-refractivity contribution in [2.75, 3.05) is 19.4 Å². The second-order valence-corrected chi connectivity index (χ2v) is 6.05. The Labute approximate surface area is 129 Å². The fraction of sp³-hybridized carbons (Fsp3) is 0.467. The number of benzene rings is 1. The second-order valence-electron chi connectivity index (χ2n) is 5.08. The van der Waals surface area contributed by atoms with Crippen molar-refractivity contribution in [1.82, 2.24) is 15.3 Å². The monoisotopic (exact) mass is 304 g/mol. The van der Waals surface area contributed by atoms with E-state index >= 15 is 0 Å². The van der Waals surface area contributed by atoms with E-state index in [4.69, 9.17) is 4.74 Å². The van der Waals surface area contributed by atoms with Gasteiger partial charge in [-0.3, -0.25) is 5.32 Å². The van der Waals surface area contributed by atoms with Crippen LogP contribution in [0, 0.1) is 11.3 Å². The quantitative estimate of drug-likeness (QED) is 0.769. The Morgan fingerprint density at radius 1 is 1.52 bits per heavy atom.